The molecule has 4 rings (SSSR count). The highest BCUT2D eigenvalue weighted by atomic mass is 35.5. The molecule has 0 atom stereocenters. The Morgan fingerprint density at radius 1 is 0.976 bits per heavy atom. The molecule has 8 nitrogen and oxygen atoms in total. The van der Waals surface area contributed by atoms with Gasteiger partial charge in [0.25, 0.3) is 0 Å². The number of hydrogen-bond acceptors (Lipinski definition) is 4. The first-order valence-electron chi connectivity index (χ1n) is 13.3. The number of para-hydroxylation sites is 1. The number of hydrogen-bond donors (Lipinski definition) is 2. The molecule has 4 aromatic rings. The van der Waals surface area contributed by atoms with Crippen molar-refractivity contribution in [3.05, 3.63) is 88.0 Å². The molecule has 1 heterocycles. The number of ether oxygens (including phenoxy) is 2. The lowest BCUT2D eigenvalue weighted by atomic mass is 10.1. The number of amides is 3. The summed E-state index contributed by atoms with van der Waals surface area (Å²) in [6.45, 7) is 4.39. The van der Waals surface area contributed by atoms with Crippen molar-refractivity contribution >= 4 is 51.7 Å². The molecule has 2 N–H and O–H groups in total. The first-order valence-corrected chi connectivity index (χ1v) is 14.0. The summed E-state index contributed by atoms with van der Waals surface area (Å²) in [4.78, 5) is 33.6. The molecule has 3 aromatic carbocycles. The Morgan fingerprint density at radius 2 is 1.73 bits per heavy atom. The number of carbonyl (C=O) groups is 2. The second kappa shape index (κ2) is 13.7. The summed E-state index contributed by atoms with van der Waals surface area (Å²) in [5.74, 6) is 0.999. The number of aromatic nitrogens is 1. The van der Waals surface area contributed by atoms with Crippen molar-refractivity contribution in [2.45, 2.75) is 32.9 Å². The van der Waals surface area contributed by atoms with E-state index in [1.165, 1.54) is 4.90 Å². The van der Waals surface area contributed by atoms with E-state index in [2.05, 4.69) is 16.4 Å². The smallest absolute Gasteiger partial charge is 0.322 e. The van der Waals surface area contributed by atoms with Gasteiger partial charge >= 0.3 is 6.03 Å². The molecule has 1 aromatic heterocycles. The standard InChI is InChI=1S/C31H34Cl2N4O4/c1-20(2)37(31(39)35-27-11-10-23(32)16-25(27)33)19-30(38)36(18-21-9-12-28(40-3)29(15-21)41-4)14-13-22-17-34-26-8-6-5-7-24(22)26/h5-12,15-17,20,34H,13-14,18-19H2,1-4H3,(H,35,39). The van der Waals surface area contributed by atoms with E-state index in [4.69, 9.17) is 32.7 Å². The SMILES string of the molecule is COc1ccc(CN(CCc2c[nH]c3ccccc23)C(=O)CN(C(=O)Nc2ccc(Cl)cc2Cl)C(C)C)cc1OC. The van der Waals surface area contributed by atoms with Crippen LogP contribution in [-0.2, 0) is 17.8 Å². The topological polar surface area (TPSA) is 86.9 Å². The lowest BCUT2D eigenvalue weighted by Crippen LogP contribution is -2.47. The minimum absolute atomic E-state index is 0.115. The summed E-state index contributed by atoms with van der Waals surface area (Å²) in [7, 11) is 3.16. The molecule has 3 amide bonds. The van der Waals surface area contributed by atoms with Crippen molar-refractivity contribution in [2.24, 2.45) is 0 Å². The summed E-state index contributed by atoms with van der Waals surface area (Å²) in [6.07, 6.45) is 2.62. The number of rotatable bonds is 11. The first kappa shape index (κ1) is 30.1. The minimum Gasteiger partial charge on any atom is -0.493 e. The number of carbonyl (C=O) groups excluding carboxylic acids is 2. The van der Waals surface area contributed by atoms with Crippen LogP contribution < -0.4 is 14.8 Å². The van der Waals surface area contributed by atoms with Gasteiger partial charge in [-0.3, -0.25) is 4.79 Å². The Morgan fingerprint density at radius 3 is 2.44 bits per heavy atom. The molecular formula is C31H34Cl2N4O4. The van der Waals surface area contributed by atoms with Gasteiger partial charge in [0.05, 0.1) is 24.9 Å². The maximum absolute atomic E-state index is 13.8. The van der Waals surface area contributed by atoms with Crippen molar-refractivity contribution in [3.63, 3.8) is 0 Å². The summed E-state index contributed by atoms with van der Waals surface area (Å²) in [6, 6.07) is 17.8. The molecule has 0 saturated carbocycles. The number of nitrogens with zero attached hydrogens (tertiary/aromatic N) is 2. The Kier molecular flexibility index (Phi) is 10.0. The average Bonchev–Trinajstić information content (AvgIpc) is 3.37. The van der Waals surface area contributed by atoms with Crippen LogP contribution in [0.1, 0.15) is 25.0 Å². The molecule has 0 saturated heterocycles. The summed E-state index contributed by atoms with van der Waals surface area (Å²) < 4.78 is 10.8. The second-order valence-electron chi connectivity index (χ2n) is 9.89. The number of fused-ring (bicyclic) bond motifs is 1. The molecule has 0 radical (unpaired) electrons. The maximum atomic E-state index is 13.8. The normalized spacial score (nSPS) is 11.0. The highest BCUT2D eigenvalue weighted by Gasteiger charge is 2.25. The Balaban J connectivity index is 1.56. The van der Waals surface area contributed by atoms with Crippen LogP contribution in [0, 0.1) is 0 Å². The van der Waals surface area contributed by atoms with Crippen molar-refractivity contribution in [1.82, 2.24) is 14.8 Å². The zero-order valence-electron chi connectivity index (χ0n) is 23.5. The van der Waals surface area contributed by atoms with Crippen LogP contribution in [0.25, 0.3) is 10.9 Å². The van der Waals surface area contributed by atoms with Crippen molar-refractivity contribution in [1.29, 1.82) is 0 Å². The van der Waals surface area contributed by atoms with Gasteiger partial charge in [-0.05, 0) is 67.8 Å². The Bertz CT molecular complexity index is 1520. The number of benzene rings is 3. The Labute approximate surface area is 250 Å². The third-order valence-electron chi connectivity index (χ3n) is 6.86. The molecule has 0 aliphatic carbocycles. The van der Waals surface area contributed by atoms with Crippen LogP contribution in [0.15, 0.2) is 66.9 Å². The quantitative estimate of drug-likeness (QED) is 0.195. The summed E-state index contributed by atoms with van der Waals surface area (Å²) >= 11 is 12.3. The van der Waals surface area contributed by atoms with Gasteiger partial charge in [-0.2, -0.15) is 0 Å². The highest BCUT2D eigenvalue weighted by molar-refractivity contribution is 6.36. The fourth-order valence-electron chi connectivity index (χ4n) is 4.60. The molecule has 0 aliphatic heterocycles. The van der Waals surface area contributed by atoms with Crippen molar-refractivity contribution in [2.75, 3.05) is 32.6 Å². The summed E-state index contributed by atoms with van der Waals surface area (Å²) in [5.41, 5.74) is 3.45. The Hall–Kier alpha value is -3.88. The average molecular weight is 598 g/mol. The molecule has 0 bridgehead atoms. The zero-order valence-corrected chi connectivity index (χ0v) is 25.1. The highest BCUT2D eigenvalue weighted by Crippen LogP contribution is 2.29. The van der Waals surface area contributed by atoms with E-state index in [-0.39, 0.29) is 18.5 Å². The predicted octanol–water partition coefficient (Wildman–Crippen LogP) is 7.01. The van der Waals surface area contributed by atoms with Gasteiger partial charge in [-0.25, -0.2) is 4.79 Å². The van der Waals surface area contributed by atoms with Crippen molar-refractivity contribution in [3.8, 4) is 11.5 Å². The molecule has 0 fully saturated rings. The van der Waals surface area contributed by atoms with Gasteiger partial charge < -0.3 is 29.6 Å². The molecule has 10 heteroatoms. The lowest BCUT2D eigenvalue weighted by molar-refractivity contribution is -0.132. The van der Waals surface area contributed by atoms with Crippen LogP contribution in [0.5, 0.6) is 11.5 Å². The lowest BCUT2D eigenvalue weighted by Gasteiger charge is -2.30. The largest absolute Gasteiger partial charge is 0.493 e. The first-order chi connectivity index (χ1) is 19.7. The van der Waals surface area contributed by atoms with Crippen LogP contribution >= 0.6 is 23.2 Å². The number of nitrogens with one attached hydrogen (secondary N) is 2. The van der Waals surface area contributed by atoms with E-state index in [9.17, 15) is 9.59 Å². The van der Waals surface area contributed by atoms with E-state index in [1.807, 2.05) is 56.4 Å². The van der Waals surface area contributed by atoms with Crippen LogP contribution in [0.2, 0.25) is 10.0 Å². The third-order valence-corrected chi connectivity index (χ3v) is 7.41. The van der Waals surface area contributed by atoms with E-state index in [0.29, 0.717) is 46.7 Å². The minimum atomic E-state index is -0.430. The van der Waals surface area contributed by atoms with Crippen molar-refractivity contribution < 1.29 is 19.1 Å². The zero-order chi connectivity index (χ0) is 29.5. The third kappa shape index (κ3) is 7.45. The van der Waals surface area contributed by atoms with Crippen LogP contribution in [0.4, 0.5) is 10.5 Å². The van der Waals surface area contributed by atoms with Gasteiger partial charge in [0, 0.05) is 41.3 Å². The van der Waals surface area contributed by atoms with Gasteiger partial charge in [0.1, 0.15) is 6.54 Å². The number of methoxy groups -OCH3 is 2. The van der Waals surface area contributed by atoms with E-state index in [0.717, 1.165) is 22.0 Å². The molecule has 216 valence electrons. The molecule has 0 unspecified atom stereocenters. The van der Waals surface area contributed by atoms with Gasteiger partial charge in [-0.15, -0.1) is 0 Å². The summed E-state index contributed by atoms with van der Waals surface area (Å²) in [5, 5.41) is 4.70. The fraction of sp³-hybridized carbons (Fsp3) is 0.290. The van der Waals surface area contributed by atoms with E-state index < -0.39 is 6.03 Å². The van der Waals surface area contributed by atoms with E-state index >= 15 is 0 Å². The van der Waals surface area contributed by atoms with Crippen LogP contribution in [0.3, 0.4) is 0 Å². The van der Waals surface area contributed by atoms with Gasteiger partial charge in [-0.1, -0.05) is 47.5 Å². The van der Waals surface area contributed by atoms with Crippen LogP contribution in [-0.4, -0.2) is 60.1 Å². The number of aromatic amines is 1. The molecular weight excluding hydrogens is 563 g/mol. The number of halogens is 2. The number of anilines is 1. The predicted molar refractivity (Wildman–Crippen MR) is 164 cm³/mol. The monoisotopic (exact) mass is 596 g/mol. The fourth-order valence-corrected chi connectivity index (χ4v) is 5.05. The second-order valence-corrected chi connectivity index (χ2v) is 10.7. The van der Waals surface area contributed by atoms with Gasteiger partial charge in [0.15, 0.2) is 11.5 Å². The number of urea groups is 1. The molecule has 41 heavy (non-hydrogen) atoms. The number of H-pyrrole nitrogens is 1. The molecule has 0 aliphatic rings. The van der Waals surface area contributed by atoms with Gasteiger partial charge in [0.2, 0.25) is 5.91 Å². The molecule has 0 spiro atoms. The van der Waals surface area contributed by atoms with E-state index in [1.54, 1.807) is 37.3 Å². The maximum Gasteiger partial charge on any atom is 0.322 e.